The van der Waals surface area contributed by atoms with Crippen LogP contribution in [0.4, 0.5) is 10.2 Å². The van der Waals surface area contributed by atoms with Gasteiger partial charge in [0.05, 0.1) is 10.7 Å². The Morgan fingerprint density at radius 1 is 1.23 bits per heavy atom. The van der Waals surface area contributed by atoms with Crippen LogP contribution in [0.2, 0.25) is 5.02 Å². The number of nitrogens with zero attached hydrogens (tertiary/aromatic N) is 2. The van der Waals surface area contributed by atoms with Crippen molar-refractivity contribution in [3.8, 4) is 11.3 Å². The molecule has 1 fully saturated rings. The molecule has 0 aromatic carbocycles. The molecule has 116 valence electrons. The molecule has 3 rings (SSSR count). The molecule has 22 heavy (non-hydrogen) atoms. The summed E-state index contributed by atoms with van der Waals surface area (Å²) in [6, 6.07) is 7.14. The van der Waals surface area contributed by atoms with E-state index in [1.165, 1.54) is 6.07 Å². The lowest BCUT2D eigenvalue weighted by Crippen LogP contribution is -2.33. The summed E-state index contributed by atoms with van der Waals surface area (Å²) in [6.45, 7) is 0. The summed E-state index contributed by atoms with van der Waals surface area (Å²) in [5, 5.41) is 3.86. The number of anilines is 1. The second-order valence-corrected chi connectivity index (χ2v) is 6.06. The van der Waals surface area contributed by atoms with Gasteiger partial charge in [-0.25, -0.2) is 9.97 Å². The van der Waals surface area contributed by atoms with Crippen LogP contribution in [0.5, 0.6) is 0 Å². The van der Waals surface area contributed by atoms with Crippen molar-refractivity contribution in [2.24, 2.45) is 5.73 Å². The van der Waals surface area contributed by atoms with Crippen LogP contribution >= 0.6 is 11.6 Å². The van der Waals surface area contributed by atoms with E-state index < -0.39 is 5.95 Å². The molecule has 0 unspecified atom stereocenters. The van der Waals surface area contributed by atoms with Crippen LogP contribution in [0.1, 0.15) is 25.7 Å². The molecular weight excluding hydrogens is 303 g/mol. The molecule has 0 atom stereocenters. The van der Waals surface area contributed by atoms with Crippen LogP contribution in [0.3, 0.4) is 0 Å². The van der Waals surface area contributed by atoms with Crippen molar-refractivity contribution >= 4 is 17.4 Å². The van der Waals surface area contributed by atoms with E-state index >= 15 is 0 Å². The largest absolute Gasteiger partial charge is 0.367 e. The molecule has 2 aromatic rings. The van der Waals surface area contributed by atoms with E-state index in [0.717, 1.165) is 31.5 Å². The maximum Gasteiger partial charge on any atom is 0.213 e. The Kier molecular flexibility index (Phi) is 4.55. The van der Waals surface area contributed by atoms with Crippen molar-refractivity contribution in [3.63, 3.8) is 0 Å². The molecular formula is C16H18ClFN4. The van der Waals surface area contributed by atoms with Crippen molar-refractivity contribution in [3.05, 3.63) is 41.4 Å². The molecule has 3 N–H and O–H groups in total. The maximum atomic E-state index is 13.3. The predicted octanol–water partition coefficient (Wildman–Crippen LogP) is 3.62. The number of rotatable bonds is 3. The third kappa shape index (κ3) is 3.54. The smallest absolute Gasteiger partial charge is 0.213 e. The number of nitrogens with two attached hydrogens (primary N) is 1. The zero-order valence-electron chi connectivity index (χ0n) is 12.1. The van der Waals surface area contributed by atoms with Crippen molar-refractivity contribution in [2.75, 3.05) is 5.32 Å². The normalized spacial score (nSPS) is 21.6. The lowest BCUT2D eigenvalue weighted by atomic mass is 9.92. The molecule has 0 aliphatic heterocycles. The second-order valence-electron chi connectivity index (χ2n) is 5.65. The van der Waals surface area contributed by atoms with E-state index in [0.29, 0.717) is 28.4 Å². The van der Waals surface area contributed by atoms with Crippen molar-refractivity contribution in [1.82, 2.24) is 9.97 Å². The molecule has 2 aromatic heterocycles. The van der Waals surface area contributed by atoms with Gasteiger partial charge in [-0.3, -0.25) is 0 Å². The Balaban J connectivity index is 1.81. The number of aromatic nitrogens is 2. The molecule has 0 saturated heterocycles. The quantitative estimate of drug-likeness (QED) is 0.848. The Hall–Kier alpha value is -1.72. The van der Waals surface area contributed by atoms with Gasteiger partial charge in [-0.15, -0.1) is 0 Å². The lowest BCUT2D eigenvalue weighted by Gasteiger charge is -2.27. The summed E-state index contributed by atoms with van der Waals surface area (Å²) in [5.74, 6) is 0.201. The van der Waals surface area contributed by atoms with Crippen LogP contribution in [-0.4, -0.2) is 22.1 Å². The first-order valence-electron chi connectivity index (χ1n) is 7.42. The van der Waals surface area contributed by atoms with Gasteiger partial charge in [0.1, 0.15) is 5.82 Å². The van der Waals surface area contributed by atoms with Crippen molar-refractivity contribution in [1.29, 1.82) is 0 Å². The molecule has 0 spiro atoms. The summed E-state index contributed by atoms with van der Waals surface area (Å²) in [5.41, 5.74) is 7.09. The Bertz CT molecular complexity index is 656. The molecule has 0 radical (unpaired) electrons. The molecule has 2 heterocycles. The first-order valence-corrected chi connectivity index (χ1v) is 7.80. The summed E-state index contributed by atoms with van der Waals surface area (Å²) in [4.78, 5) is 8.18. The van der Waals surface area contributed by atoms with Crippen molar-refractivity contribution < 1.29 is 4.39 Å². The van der Waals surface area contributed by atoms with Crippen LogP contribution in [0.15, 0.2) is 30.5 Å². The highest BCUT2D eigenvalue weighted by Crippen LogP contribution is 2.29. The zero-order chi connectivity index (χ0) is 15.5. The molecule has 1 aliphatic rings. The maximum absolute atomic E-state index is 13.3. The van der Waals surface area contributed by atoms with Gasteiger partial charge in [0.25, 0.3) is 0 Å². The summed E-state index contributed by atoms with van der Waals surface area (Å²) in [7, 11) is 0. The first kappa shape index (κ1) is 15.2. The fraction of sp³-hybridized carbons (Fsp3) is 0.375. The second kappa shape index (κ2) is 6.58. The van der Waals surface area contributed by atoms with Gasteiger partial charge in [-0.2, -0.15) is 4.39 Å². The standard InChI is InChI=1S/C16H18ClFN4/c17-13-9-20-16(21-11-6-4-10(19)5-7-11)8-12(13)14-2-1-3-15(18)22-14/h1-3,8-11H,4-7,19H2,(H,20,21). The summed E-state index contributed by atoms with van der Waals surface area (Å²) >= 11 is 6.18. The number of halogens is 2. The highest BCUT2D eigenvalue weighted by Gasteiger charge is 2.19. The molecule has 4 nitrogen and oxygen atoms in total. The predicted molar refractivity (Wildman–Crippen MR) is 86.3 cm³/mol. The average molecular weight is 321 g/mol. The minimum atomic E-state index is -0.527. The number of hydrogen-bond acceptors (Lipinski definition) is 4. The summed E-state index contributed by atoms with van der Waals surface area (Å²) in [6.07, 6.45) is 5.66. The SMILES string of the molecule is NC1CCC(Nc2cc(-c3cccc(F)n3)c(Cl)cn2)CC1. The van der Waals surface area contributed by atoms with E-state index in [1.807, 2.05) is 6.07 Å². The van der Waals surface area contributed by atoms with Gasteiger partial charge in [0, 0.05) is 23.8 Å². The van der Waals surface area contributed by atoms with Gasteiger partial charge in [0.15, 0.2) is 0 Å². The van der Waals surface area contributed by atoms with E-state index in [9.17, 15) is 4.39 Å². The third-order valence-corrected chi connectivity index (χ3v) is 4.27. The molecule has 1 aliphatic carbocycles. The third-order valence-electron chi connectivity index (χ3n) is 3.97. The Morgan fingerprint density at radius 3 is 2.73 bits per heavy atom. The van der Waals surface area contributed by atoms with Gasteiger partial charge in [0.2, 0.25) is 5.95 Å². The molecule has 0 amide bonds. The first-order chi connectivity index (χ1) is 10.6. The van der Waals surface area contributed by atoms with Crippen LogP contribution in [0, 0.1) is 5.95 Å². The van der Waals surface area contributed by atoms with Crippen molar-refractivity contribution in [2.45, 2.75) is 37.8 Å². The highest BCUT2D eigenvalue weighted by atomic mass is 35.5. The van der Waals surface area contributed by atoms with E-state index in [2.05, 4.69) is 15.3 Å². The Labute approximate surface area is 133 Å². The fourth-order valence-electron chi connectivity index (χ4n) is 2.74. The minimum absolute atomic E-state index is 0.309. The number of pyridine rings is 2. The van der Waals surface area contributed by atoms with E-state index in [4.69, 9.17) is 17.3 Å². The zero-order valence-corrected chi connectivity index (χ0v) is 12.9. The molecule has 6 heteroatoms. The monoisotopic (exact) mass is 320 g/mol. The minimum Gasteiger partial charge on any atom is -0.367 e. The number of hydrogen-bond donors (Lipinski definition) is 2. The number of nitrogens with one attached hydrogen (secondary N) is 1. The topological polar surface area (TPSA) is 63.8 Å². The van der Waals surface area contributed by atoms with Gasteiger partial charge in [-0.05, 0) is 43.9 Å². The lowest BCUT2D eigenvalue weighted by molar-refractivity contribution is 0.410. The van der Waals surface area contributed by atoms with Gasteiger partial charge in [-0.1, -0.05) is 17.7 Å². The molecule has 0 bridgehead atoms. The van der Waals surface area contributed by atoms with Gasteiger partial charge < -0.3 is 11.1 Å². The van der Waals surface area contributed by atoms with Crippen LogP contribution < -0.4 is 11.1 Å². The highest BCUT2D eigenvalue weighted by molar-refractivity contribution is 6.33. The summed E-state index contributed by atoms with van der Waals surface area (Å²) < 4.78 is 13.3. The van der Waals surface area contributed by atoms with E-state index in [-0.39, 0.29) is 0 Å². The van der Waals surface area contributed by atoms with Crippen LogP contribution in [-0.2, 0) is 0 Å². The Morgan fingerprint density at radius 2 is 2.00 bits per heavy atom. The van der Waals surface area contributed by atoms with E-state index in [1.54, 1.807) is 18.3 Å². The average Bonchev–Trinajstić information content (AvgIpc) is 2.51. The molecule has 1 saturated carbocycles. The fourth-order valence-corrected chi connectivity index (χ4v) is 2.95. The van der Waals surface area contributed by atoms with Crippen LogP contribution in [0.25, 0.3) is 11.3 Å². The van der Waals surface area contributed by atoms with Gasteiger partial charge >= 0.3 is 0 Å².